The first kappa shape index (κ1) is 16.1. The van der Waals surface area contributed by atoms with Crippen LogP contribution in [0.3, 0.4) is 0 Å². The van der Waals surface area contributed by atoms with Gasteiger partial charge in [-0.2, -0.15) is 5.10 Å². The van der Waals surface area contributed by atoms with E-state index in [9.17, 15) is 8.42 Å². The minimum atomic E-state index is -3.57. The minimum Gasteiger partial charge on any atom is -0.325 e. The van der Waals surface area contributed by atoms with E-state index in [-0.39, 0.29) is 22.8 Å². The lowest BCUT2D eigenvalue weighted by atomic mass is 9.82. The Hall–Kier alpha value is -0.920. The van der Waals surface area contributed by atoms with Gasteiger partial charge in [-0.3, -0.25) is 5.10 Å². The highest BCUT2D eigenvalue weighted by Gasteiger charge is 2.26. The van der Waals surface area contributed by atoms with E-state index in [1.165, 1.54) is 0 Å². The summed E-state index contributed by atoms with van der Waals surface area (Å²) in [7, 11) is -3.57. The number of hydrogen-bond donors (Lipinski definition) is 3. The van der Waals surface area contributed by atoms with Gasteiger partial charge in [-0.05, 0) is 18.3 Å². The molecule has 0 fully saturated rings. The summed E-state index contributed by atoms with van der Waals surface area (Å²) in [5, 5.41) is 6.57. The van der Waals surface area contributed by atoms with Crippen LogP contribution in [-0.4, -0.2) is 25.2 Å². The number of nitrogens with zero attached hydrogens (tertiary/aromatic N) is 1. The first-order chi connectivity index (χ1) is 8.59. The summed E-state index contributed by atoms with van der Waals surface area (Å²) in [5.41, 5.74) is 6.44. The van der Waals surface area contributed by atoms with E-state index in [0.29, 0.717) is 17.9 Å². The summed E-state index contributed by atoms with van der Waals surface area (Å²) >= 11 is 0. The van der Waals surface area contributed by atoms with Gasteiger partial charge in [0.2, 0.25) is 10.0 Å². The largest absolute Gasteiger partial charge is 0.325 e. The van der Waals surface area contributed by atoms with Crippen molar-refractivity contribution in [1.82, 2.24) is 14.9 Å². The van der Waals surface area contributed by atoms with Crippen LogP contribution in [0, 0.1) is 18.3 Å². The Kier molecular flexibility index (Phi) is 4.76. The van der Waals surface area contributed by atoms with Crippen LogP contribution >= 0.6 is 0 Å². The smallest absolute Gasteiger partial charge is 0.244 e. The fourth-order valence-electron chi connectivity index (χ4n) is 1.58. The minimum absolute atomic E-state index is 0.0463. The number of rotatable bonds is 5. The van der Waals surface area contributed by atoms with Crippen LogP contribution in [0.2, 0.25) is 0 Å². The van der Waals surface area contributed by atoms with Crippen LogP contribution < -0.4 is 10.5 Å². The third kappa shape index (κ3) is 3.77. The summed E-state index contributed by atoms with van der Waals surface area (Å²) < 4.78 is 27.2. The molecule has 0 spiro atoms. The van der Waals surface area contributed by atoms with E-state index >= 15 is 0 Å². The maximum atomic E-state index is 12.3. The number of aromatic amines is 1. The molecule has 0 saturated carbocycles. The number of aryl methyl sites for hydroxylation is 1. The van der Waals surface area contributed by atoms with E-state index < -0.39 is 10.0 Å². The van der Waals surface area contributed by atoms with E-state index in [1.54, 1.807) is 6.92 Å². The number of nitrogens with two attached hydrogens (primary N) is 1. The van der Waals surface area contributed by atoms with Gasteiger partial charge in [0.15, 0.2) is 0 Å². The molecule has 1 unspecified atom stereocenters. The standard InChI is InChI=1S/C12H24N4O2S/c1-8(12(3,4)5)7-14-19(17,18)11-9(2)15-16-10(11)6-13/h8,14H,6-7,13H2,1-5H3,(H,15,16). The Morgan fingerprint density at radius 1 is 1.42 bits per heavy atom. The molecule has 0 saturated heterocycles. The maximum absolute atomic E-state index is 12.3. The summed E-state index contributed by atoms with van der Waals surface area (Å²) in [6.45, 7) is 10.4. The topological polar surface area (TPSA) is 101 Å². The second-order valence-corrected chi connectivity index (χ2v) is 7.65. The average molecular weight is 288 g/mol. The van der Waals surface area contributed by atoms with Crippen molar-refractivity contribution in [3.05, 3.63) is 11.4 Å². The number of H-pyrrole nitrogens is 1. The third-order valence-electron chi connectivity index (χ3n) is 3.48. The van der Waals surface area contributed by atoms with Crippen LogP contribution in [-0.2, 0) is 16.6 Å². The second kappa shape index (κ2) is 5.60. The molecule has 0 bridgehead atoms. The summed E-state index contributed by atoms with van der Waals surface area (Å²) in [4.78, 5) is 0.177. The number of aromatic nitrogens is 2. The van der Waals surface area contributed by atoms with Gasteiger partial charge < -0.3 is 5.73 Å². The molecule has 19 heavy (non-hydrogen) atoms. The van der Waals surface area contributed by atoms with Crippen molar-refractivity contribution >= 4 is 10.0 Å². The molecule has 7 heteroatoms. The molecule has 4 N–H and O–H groups in total. The van der Waals surface area contributed by atoms with Crippen molar-refractivity contribution in [2.75, 3.05) is 6.54 Å². The van der Waals surface area contributed by atoms with Gasteiger partial charge >= 0.3 is 0 Å². The van der Waals surface area contributed by atoms with Crippen LogP contribution in [0.15, 0.2) is 4.90 Å². The lowest BCUT2D eigenvalue weighted by molar-refractivity contribution is 0.263. The normalized spacial score (nSPS) is 14.6. The molecule has 1 aromatic rings. The highest BCUT2D eigenvalue weighted by atomic mass is 32.2. The molecule has 1 atom stereocenters. The Morgan fingerprint density at radius 2 is 2.00 bits per heavy atom. The Morgan fingerprint density at radius 3 is 2.47 bits per heavy atom. The first-order valence-corrected chi connectivity index (χ1v) is 7.81. The Balaban J connectivity index is 2.91. The van der Waals surface area contributed by atoms with Crippen molar-refractivity contribution in [1.29, 1.82) is 0 Å². The molecule has 0 aromatic carbocycles. The van der Waals surface area contributed by atoms with Gasteiger partial charge in [0.1, 0.15) is 4.90 Å². The fraction of sp³-hybridized carbons (Fsp3) is 0.750. The molecule has 1 aromatic heterocycles. The molecule has 110 valence electrons. The third-order valence-corrected chi connectivity index (χ3v) is 5.11. The molecule has 0 aliphatic heterocycles. The molecule has 0 amide bonds. The lowest BCUT2D eigenvalue weighted by Gasteiger charge is -2.27. The zero-order valence-electron chi connectivity index (χ0n) is 12.2. The second-order valence-electron chi connectivity index (χ2n) is 5.95. The highest BCUT2D eigenvalue weighted by molar-refractivity contribution is 7.89. The van der Waals surface area contributed by atoms with Crippen LogP contribution in [0.25, 0.3) is 0 Å². The van der Waals surface area contributed by atoms with Gasteiger partial charge in [-0.15, -0.1) is 0 Å². The zero-order valence-corrected chi connectivity index (χ0v) is 13.1. The molecular formula is C12H24N4O2S. The summed E-state index contributed by atoms with van der Waals surface area (Å²) in [6, 6.07) is 0. The predicted octanol–water partition coefficient (Wildman–Crippen LogP) is 1.14. The van der Waals surface area contributed by atoms with E-state index in [0.717, 1.165) is 0 Å². The van der Waals surface area contributed by atoms with Gasteiger partial charge in [0, 0.05) is 13.1 Å². The van der Waals surface area contributed by atoms with Crippen LogP contribution in [0.1, 0.15) is 39.1 Å². The van der Waals surface area contributed by atoms with Gasteiger partial charge in [0.05, 0.1) is 11.4 Å². The van der Waals surface area contributed by atoms with Gasteiger partial charge in [0.25, 0.3) is 0 Å². The predicted molar refractivity (Wildman–Crippen MR) is 75.0 cm³/mol. The quantitative estimate of drug-likeness (QED) is 0.756. The van der Waals surface area contributed by atoms with E-state index in [1.807, 2.05) is 6.92 Å². The van der Waals surface area contributed by atoms with E-state index in [2.05, 4.69) is 35.7 Å². The van der Waals surface area contributed by atoms with E-state index in [4.69, 9.17) is 5.73 Å². The molecule has 6 nitrogen and oxygen atoms in total. The van der Waals surface area contributed by atoms with Crippen LogP contribution in [0.5, 0.6) is 0 Å². The highest BCUT2D eigenvalue weighted by Crippen LogP contribution is 2.25. The monoisotopic (exact) mass is 288 g/mol. The van der Waals surface area contributed by atoms with Crippen molar-refractivity contribution in [3.8, 4) is 0 Å². The zero-order chi connectivity index (χ0) is 14.8. The number of nitrogens with one attached hydrogen (secondary N) is 2. The summed E-state index contributed by atoms with van der Waals surface area (Å²) in [6.07, 6.45) is 0. The molecule has 0 aliphatic carbocycles. The number of hydrogen-bond acceptors (Lipinski definition) is 4. The molecule has 1 rings (SSSR count). The van der Waals surface area contributed by atoms with Gasteiger partial charge in [-0.1, -0.05) is 27.7 Å². The molecule has 0 aliphatic rings. The summed E-state index contributed by atoms with van der Waals surface area (Å²) in [5.74, 6) is 0.218. The number of sulfonamides is 1. The molecule has 0 radical (unpaired) electrons. The lowest BCUT2D eigenvalue weighted by Crippen LogP contribution is -2.34. The van der Waals surface area contributed by atoms with Crippen molar-refractivity contribution < 1.29 is 8.42 Å². The van der Waals surface area contributed by atoms with Crippen molar-refractivity contribution in [2.24, 2.45) is 17.1 Å². The first-order valence-electron chi connectivity index (χ1n) is 6.33. The van der Waals surface area contributed by atoms with Crippen LogP contribution in [0.4, 0.5) is 0 Å². The van der Waals surface area contributed by atoms with Gasteiger partial charge in [-0.25, -0.2) is 13.1 Å². The molecular weight excluding hydrogens is 264 g/mol. The Bertz CT molecular complexity index is 528. The average Bonchev–Trinajstić information content (AvgIpc) is 2.66. The van der Waals surface area contributed by atoms with Crippen molar-refractivity contribution in [2.45, 2.75) is 46.1 Å². The Labute approximate surface area is 115 Å². The maximum Gasteiger partial charge on any atom is 0.244 e. The SMILES string of the molecule is Cc1[nH]nc(CN)c1S(=O)(=O)NCC(C)C(C)(C)C. The molecule has 1 heterocycles. The van der Waals surface area contributed by atoms with Crippen molar-refractivity contribution in [3.63, 3.8) is 0 Å². The fourth-order valence-corrected chi connectivity index (χ4v) is 3.08.